The van der Waals surface area contributed by atoms with Gasteiger partial charge < -0.3 is 9.47 Å². The van der Waals surface area contributed by atoms with E-state index in [0.717, 1.165) is 0 Å². The number of hydrogen-bond acceptors (Lipinski definition) is 5. The lowest BCUT2D eigenvalue weighted by Gasteiger charge is -2.19. The first-order valence-electron chi connectivity index (χ1n) is 8.65. The van der Waals surface area contributed by atoms with E-state index in [4.69, 9.17) is 32.7 Å². The number of rotatable bonds is 9. The average molecular weight is 446 g/mol. The van der Waals surface area contributed by atoms with Crippen LogP contribution in [0.5, 0.6) is 5.75 Å². The molecule has 0 N–H and O–H groups in total. The lowest BCUT2D eigenvalue weighted by molar-refractivity contribution is 0.0450. The zero-order valence-corrected chi connectivity index (χ0v) is 17.9. The first-order chi connectivity index (χ1) is 13.3. The van der Waals surface area contributed by atoms with E-state index in [2.05, 4.69) is 0 Å². The molecule has 2 aromatic carbocycles. The Bertz CT molecular complexity index is 930. The summed E-state index contributed by atoms with van der Waals surface area (Å²) < 4.78 is 37.1. The number of sulfonamides is 1. The lowest BCUT2D eigenvalue weighted by atomic mass is 10.2. The molecule has 2 rings (SSSR count). The van der Waals surface area contributed by atoms with Gasteiger partial charge >= 0.3 is 5.97 Å². The summed E-state index contributed by atoms with van der Waals surface area (Å²) in [5.74, 6) is -0.255. The second-order valence-corrected chi connectivity index (χ2v) is 8.40. The highest BCUT2D eigenvalue weighted by molar-refractivity contribution is 7.89. The molecule has 9 heteroatoms. The van der Waals surface area contributed by atoms with E-state index in [1.54, 1.807) is 38.1 Å². The minimum atomic E-state index is -3.71. The van der Waals surface area contributed by atoms with Crippen LogP contribution >= 0.6 is 23.2 Å². The molecule has 0 saturated heterocycles. The molecule has 0 bridgehead atoms. The van der Waals surface area contributed by atoms with Crippen molar-refractivity contribution >= 4 is 39.2 Å². The Labute approximate surface area is 175 Å². The topological polar surface area (TPSA) is 72.9 Å². The predicted molar refractivity (Wildman–Crippen MR) is 109 cm³/mol. The van der Waals surface area contributed by atoms with Crippen molar-refractivity contribution in [2.75, 3.05) is 26.3 Å². The first kappa shape index (κ1) is 22.5. The van der Waals surface area contributed by atoms with Crippen molar-refractivity contribution < 1.29 is 22.7 Å². The van der Waals surface area contributed by atoms with Crippen LogP contribution in [0.2, 0.25) is 10.0 Å². The SMILES string of the molecule is CCN(CC)S(=O)(=O)c1ccc(Cl)c(C(=O)OCCOc2ccccc2Cl)c1. The zero-order chi connectivity index (χ0) is 20.7. The normalized spacial score (nSPS) is 11.5. The van der Waals surface area contributed by atoms with Gasteiger partial charge in [0.2, 0.25) is 10.0 Å². The Kier molecular flexibility index (Phi) is 8.12. The minimum absolute atomic E-state index is 0.0140. The Morgan fingerprint density at radius 2 is 1.68 bits per heavy atom. The van der Waals surface area contributed by atoms with Gasteiger partial charge in [0.25, 0.3) is 0 Å². The fourth-order valence-corrected chi connectivity index (χ4v) is 4.33. The highest BCUT2D eigenvalue weighted by Crippen LogP contribution is 2.24. The maximum Gasteiger partial charge on any atom is 0.339 e. The molecule has 0 fully saturated rings. The number of hydrogen-bond donors (Lipinski definition) is 0. The van der Waals surface area contributed by atoms with Gasteiger partial charge in [0.05, 0.1) is 20.5 Å². The summed E-state index contributed by atoms with van der Waals surface area (Å²) in [6.45, 7) is 4.16. The first-order valence-corrected chi connectivity index (χ1v) is 10.8. The fraction of sp³-hybridized carbons (Fsp3) is 0.316. The number of carbonyl (C=O) groups is 1. The third-order valence-corrected chi connectivity index (χ3v) is 6.60. The maximum atomic E-state index is 12.6. The molecule has 0 unspecified atom stereocenters. The van der Waals surface area contributed by atoms with Crippen LogP contribution < -0.4 is 4.74 Å². The Morgan fingerprint density at radius 1 is 1.00 bits per heavy atom. The standard InChI is InChI=1S/C19H21Cl2NO5S/c1-3-22(4-2)28(24,25)14-9-10-16(20)15(13-14)19(23)27-12-11-26-18-8-6-5-7-17(18)21/h5-10,13H,3-4,11-12H2,1-2H3. The van der Waals surface area contributed by atoms with Gasteiger partial charge in [-0.05, 0) is 30.3 Å². The molecule has 0 amide bonds. The van der Waals surface area contributed by atoms with Gasteiger partial charge in [-0.2, -0.15) is 4.31 Å². The van der Waals surface area contributed by atoms with Gasteiger partial charge in [0.1, 0.15) is 19.0 Å². The van der Waals surface area contributed by atoms with Crippen LogP contribution in [-0.2, 0) is 14.8 Å². The molecule has 0 radical (unpaired) electrons. The van der Waals surface area contributed by atoms with Crippen LogP contribution in [0.25, 0.3) is 0 Å². The van der Waals surface area contributed by atoms with Crippen molar-refractivity contribution in [3.8, 4) is 5.75 Å². The summed E-state index contributed by atoms with van der Waals surface area (Å²) in [7, 11) is -3.71. The molecule has 0 aliphatic rings. The van der Waals surface area contributed by atoms with Crippen molar-refractivity contribution in [3.05, 3.63) is 58.1 Å². The maximum absolute atomic E-state index is 12.6. The Hall–Kier alpha value is -1.80. The second-order valence-electron chi connectivity index (χ2n) is 5.65. The third-order valence-electron chi connectivity index (χ3n) is 3.91. The summed E-state index contributed by atoms with van der Waals surface area (Å²) >= 11 is 12.0. The van der Waals surface area contributed by atoms with Crippen LogP contribution in [0, 0.1) is 0 Å². The van der Waals surface area contributed by atoms with Crippen LogP contribution in [0.15, 0.2) is 47.4 Å². The van der Waals surface area contributed by atoms with Crippen molar-refractivity contribution in [1.29, 1.82) is 0 Å². The van der Waals surface area contributed by atoms with Crippen molar-refractivity contribution in [3.63, 3.8) is 0 Å². The Balaban J connectivity index is 2.06. The van der Waals surface area contributed by atoms with E-state index in [-0.39, 0.29) is 28.7 Å². The number of ether oxygens (including phenoxy) is 2. The largest absolute Gasteiger partial charge is 0.488 e. The van der Waals surface area contributed by atoms with Gasteiger partial charge in [0.15, 0.2) is 0 Å². The molecule has 2 aromatic rings. The number of halogens is 2. The molecule has 0 aromatic heterocycles. The van der Waals surface area contributed by atoms with Gasteiger partial charge in [-0.1, -0.05) is 49.2 Å². The summed E-state index contributed by atoms with van der Waals surface area (Å²) in [5.41, 5.74) is -0.0207. The van der Waals surface area contributed by atoms with Gasteiger partial charge in [-0.15, -0.1) is 0 Å². The van der Waals surface area contributed by atoms with Crippen molar-refractivity contribution in [2.45, 2.75) is 18.7 Å². The number of esters is 1. The van der Waals surface area contributed by atoms with Gasteiger partial charge in [0, 0.05) is 13.1 Å². The number of para-hydroxylation sites is 1. The van der Waals surface area contributed by atoms with E-state index in [1.165, 1.54) is 22.5 Å². The summed E-state index contributed by atoms with van der Waals surface area (Å²) in [4.78, 5) is 12.3. The summed E-state index contributed by atoms with van der Waals surface area (Å²) in [6.07, 6.45) is 0. The monoisotopic (exact) mass is 445 g/mol. The molecule has 6 nitrogen and oxygen atoms in total. The number of nitrogens with zero attached hydrogens (tertiary/aromatic N) is 1. The van der Waals surface area contributed by atoms with E-state index in [9.17, 15) is 13.2 Å². The van der Waals surface area contributed by atoms with E-state index in [0.29, 0.717) is 23.9 Å². The summed E-state index contributed by atoms with van der Waals surface area (Å²) in [5, 5.41) is 0.557. The van der Waals surface area contributed by atoms with Gasteiger partial charge in [-0.25, -0.2) is 13.2 Å². The second kappa shape index (κ2) is 10.1. The van der Waals surface area contributed by atoms with Crippen LogP contribution in [0.1, 0.15) is 24.2 Å². The molecule has 28 heavy (non-hydrogen) atoms. The number of carbonyl (C=O) groups excluding carboxylic acids is 1. The highest BCUT2D eigenvalue weighted by Gasteiger charge is 2.24. The van der Waals surface area contributed by atoms with Crippen LogP contribution in [0.3, 0.4) is 0 Å². The van der Waals surface area contributed by atoms with E-state index in [1.807, 2.05) is 0 Å². The van der Waals surface area contributed by atoms with Crippen molar-refractivity contribution in [1.82, 2.24) is 4.31 Å². The molecule has 0 aliphatic heterocycles. The molecule has 0 atom stereocenters. The molecule has 0 spiro atoms. The fourth-order valence-electron chi connectivity index (χ4n) is 2.46. The quantitative estimate of drug-likeness (QED) is 0.425. The van der Waals surface area contributed by atoms with Crippen LogP contribution in [-0.4, -0.2) is 45.0 Å². The predicted octanol–water partition coefficient (Wildman–Crippen LogP) is 4.26. The summed E-state index contributed by atoms with van der Waals surface area (Å²) in [6, 6.07) is 10.9. The molecule has 0 aliphatic carbocycles. The molecule has 0 heterocycles. The Morgan fingerprint density at radius 3 is 2.32 bits per heavy atom. The lowest BCUT2D eigenvalue weighted by Crippen LogP contribution is -2.30. The number of benzene rings is 2. The van der Waals surface area contributed by atoms with Crippen molar-refractivity contribution in [2.24, 2.45) is 0 Å². The van der Waals surface area contributed by atoms with E-state index >= 15 is 0 Å². The highest BCUT2D eigenvalue weighted by atomic mass is 35.5. The molecule has 152 valence electrons. The van der Waals surface area contributed by atoms with Crippen LogP contribution in [0.4, 0.5) is 0 Å². The van der Waals surface area contributed by atoms with E-state index < -0.39 is 16.0 Å². The minimum Gasteiger partial charge on any atom is -0.488 e. The molecular formula is C19H21Cl2NO5S. The zero-order valence-electron chi connectivity index (χ0n) is 15.5. The van der Waals surface area contributed by atoms with Gasteiger partial charge in [-0.3, -0.25) is 0 Å². The third kappa shape index (κ3) is 5.38. The molecule has 0 saturated carbocycles. The smallest absolute Gasteiger partial charge is 0.339 e. The molecular weight excluding hydrogens is 425 g/mol. The average Bonchev–Trinajstić information content (AvgIpc) is 2.67.